The molecule has 4 rings (SSSR count). The van der Waals surface area contributed by atoms with Gasteiger partial charge in [0.25, 0.3) is 0 Å². The maximum absolute atomic E-state index is 13.6. The molecular weight excluding hydrogens is 285 g/mol. The Labute approximate surface area is 128 Å². The summed E-state index contributed by atoms with van der Waals surface area (Å²) in [6.45, 7) is 0. The Morgan fingerprint density at radius 2 is 2.05 bits per heavy atom. The molecule has 2 aliphatic rings. The molecule has 0 saturated heterocycles. The van der Waals surface area contributed by atoms with Crippen LogP contribution in [-0.2, 0) is 0 Å². The van der Waals surface area contributed by atoms with Gasteiger partial charge >= 0.3 is 0 Å². The van der Waals surface area contributed by atoms with Crippen LogP contribution < -0.4 is 5.32 Å². The number of halogens is 2. The van der Waals surface area contributed by atoms with E-state index in [-0.39, 0.29) is 17.8 Å². The van der Waals surface area contributed by atoms with Crippen LogP contribution in [0.1, 0.15) is 29.5 Å². The number of hydrogen-bond donors (Lipinski definition) is 1. The molecule has 21 heavy (non-hydrogen) atoms. The van der Waals surface area contributed by atoms with Crippen LogP contribution in [0.5, 0.6) is 0 Å². The first kappa shape index (κ1) is 12.9. The van der Waals surface area contributed by atoms with E-state index in [1.165, 1.54) is 11.6 Å². The summed E-state index contributed by atoms with van der Waals surface area (Å²) < 4.78 is 13.6. The Morgan fingerprint density at radius 3 is 2.90 bits per heavy atom. The van der Waals surface area contributed by atoms with E-state index < -0.39 is 0 Å². The Hall–Kier alpha value is -1.80. The van der Waals surface area contributed by atoms with Gasteiger partial charge in [-0.2, -0.15) is 0 Å². The molecule has 0 saturated carbocycles. The third-order valence-electron chi connectivity index (χ3n) is 4.53. The van der Waals surface area contributed by atoms with Crippen molar-refractivity contribution in [2.75, 3.05) is 5.32 Å². The summed E-state index contributed by atoms with van der Waals surface area (Å²) in [5.74, 6) is 0.523. The highest BCUT2D eigenvalue weighted by Gasteiger charge is 2.37. The first-order valence-electron chi connectivity index (χ1n) is 7.20. The summed E-state index contributed by atoms with van der Waals surface area (Å²) in [5.41, 5.74) is 3.28. The van der Waals surface area contributed by atoms with Crippen LogP contribution in [0.25, 0.3) is 0 Å². The van der Waals surface area contributed by atoms with Crippen molar-refractivity contribution in [2.45, 2.75) is 18.4 Å². The molecule has 1 nitrogen and oxygen atoms in total. The van der Waals surface area contributed by atoms with Crippen LogP contribution in [0.4, 0.5) is 10.1 Å². The van der Waals surface area contributed by atoms with Gasteiger partial charge in [0.05, 0.1) is 6.04 Å². The summed E-state index contributed by atoms with van der Waals surface area (Å²) >= 11 is 6.13. The van der Waals surface area contributed by atoms with Crippen LogP contribution in [-0.4, -0.2) is 0 Å². The smallest absolute Gasteiger partial charge is 0.123 e. The predicted octanol–water partition coefficient (Wildman–Crippen LogP) is 5.31. The van der Waals surface area contributed by atoms with Gasteiger partial charge in [0, 0.05) is 16.6 Å². The summed E-state index contributed by atoms with van der Waals surface area (Å²) in [5, 5.41) is 4.33. The van der Waals surface area contributed by atoms with E-state index in [2.05, 4.69) is 23.5 Å². The van der Waals surface area contributed by atoms with Crippen LogP contribution in [0, 0.1) is 11.7 Å². The third kappa shape index (κ3) is 2.14. The number of benzene rings is 2. The van der Waals surface area contributed by atoms with Gasteiger partial charge in [0.2, 0.25) is 0 Å². The second-order valence-electron chi connectivity index (χ2n) is 5.76. The molecule has 0 bridgehead atoms. The maximum atomic E-state index is 13.6. The van der Waals surface area contributed by atoms with Crippen LogP contribution in [0.3, 0.4) is 0 Å². The standard InChI is InChI=1S/C18H15ClFN/c19-12-4-1-3-11(9-12)18-15-6-2-5-14(15)16-10-13(20)7-8-17(16)21-18/h1-5,7-10,14-15,18,21H,6H2. The van der Waals surface area contributed by atoms with Crippen LogP contribution >= 0.6 is 11.6 Å². The van der Waals surface area contributed by atoms with Gasteiger partial charge in [0.15, 0.2) is 0 Å². The van der Waals surface area contributed by atoms with Gasteiger partial charge in [-0.25, -0.2) is 4.39 Å². The summed E-state index contributed by atoms with van der Waals surface area (Å²) in [6.07, 6.45) is 5.42. The first-order valence-corrected chi connectivity index (χ1v) is 7.58. The highest BCUT2D eigenvalue weighted by molar-refractivity contribution is 6.30. The Morgan fingerprint density at radius 1 is 1.14 bits per heavy atom. The molecule has 0 fully saturated rings. The highest BCUT2D eigenvalue weighted by atomic mass is 35.5. The molecule has 0 radical (unpaired) electrons. The molecule has 1 N–H and O–H groups in total. The van der Waals surface area contributed by atoms with E-state index in [9.17, 15) is 4.39 Å². The largest absolute Gasteiger partial charge is 0.378 e. The number of allylic oxidation sites excluding steroid dienone is 2. The number of fused-ring (bicyclic) bond motifs is 3. The van der Waals surface area contributed by atoms with E-state index in [1.807, 2.05) is 24.3 Å². The molecule has 3 atom stereocenters. The molecule has 0 spiro atoms. The topological polar surface area (TPSA) is 12.0 Å². The molecule has 3 unspecified atom stereocenters. The lowest BCUT2D eigenvalue weighted by atomic mass is 9.77. The Bertz CT molecular complexity index is 725. The molecule has 1 aliphatic heterocycles. The normalized spacial score (nSPS) is 26.1. The molecule has 0 aromatic heterocycles. The van der Waals surface area contributed by atoms with E-state index in [1.54, 1.807) is 6.07 Å². The predicted molar refractivity (Wildman–Crippen MR) is 84.2 cm³/mol. The van der Waals surface area contributed by atoms with Crippen molar-refractivity contribution in [2.24, 2.45) is 5.92 Å². The zero-order chi connectivity index (χ0) is 14.4. The third-order valence-corrected chi connectivity index (χ3v) is 4.77. The SMILES string of the molecule is Fc1ccc2c(c1)C1C=CCC1C(c1cccc(Cl)c1)N2. The minimum Gasteiger partial charge on any atom is -0.378 e. The van der Waals surface area contributed by atoms with Crippen molar-refractivity contribution >= 4 is 17.3 Å². The quantitative estimate of drug-likeness (QED) is 0.704. The molecule has 2 aromatic carbocycles. The molecule has 0 amide bonds. The molecule has 106 valence electrons. The van der Waals surface area contributed by atoms with E-state index in [0.717, 1.165) is 22.7 Å². The lowest BCUT2D eigenvalue weighted by molar-refractivity contribution is 0.424. The van der Waals surface area contributed by atoms with Crippen molar-refractivity contribution in [1.29, 1.82) is 0 Å². The average molecular weight is 300 g/mol. The first-order chi connectivity index (χ1) is 10.2. The average Bonchev–Trinajstić information content (AvgIpc) is 2.96. The second kappa shape index (κ2) is 4.88. The summed E-state index contributed by atoms with van der Waals surface area (Å²) in [7, 11) is 0. The van der Waals surface area contributed by atoms with Crippen LogP contribution in [0.2, 0.25) is 5.02 Å². The van der Waals surface area contributed by atoms with Crippen LogP contribution in [0.15, 0.2) is 54.6 Å². The van der Waals surface area contributed by atoms with E-state index in [4.69, 9.17) is 11.6 Å². The lowest BCUT2D eigenvalue weighted by Crippen LogP contribution is -2.29. The zero-order valence-electron chi connectivity index (χ0n) is 11.4. The van der Waals surface area contributed by atoms with Crippen molar-refractivity contribution in [3.63, 3.8) is 0 Å². The molecule has 2 aromatic rings. The van der Waals surface area contributed by atoms with Gasteiger partial charge < -0.3 is 5.32 Å². The van der Waals surface area contributed by atoms with Crippen molar-refractivity contribution in [3.8, 4) is 0 Å². The van der Waals surface area contributed by atoms with Gasteiger partial charge in [-0.1, -0.05) is 35.9 Å². The fourth-order valence-electron chi connectivity index (χ4n) is 3.60. The fourth-order valence-corrected chi connectivity index (χ4v) is 3.79. The number of nitrogens with one attached hydrogen (secondary N) is 1. The minimum absolute atomic E-state index is 0.171. The van der Waals surface area contributed by atoms with Crippen molar-refractivity contribution < 1.29 is 4.39 Å². The van der Waals surface area contributed by atoms with Crippen molar-refractivity contribution in [1.82, 2.24) is 0 Å². The zero-order valence-corrected chi connectivity index (χ0v) is 12.1. The molecule has 3 heteroatoms. The highest BCUT2D eigenvalue weighted by Crippen LogP contribution is 2.49. The lowest BCUT2D eigenvalue weighted by Gasteiger charge is -2.37. The van der Waals surface area contributed by atoms with Gasteiger partial charge in [-0.15, -0.1) is 0 Å². The Kier molecular flexibility index (Phi) is 3.00. The van der Waals surface area contributed by atoms with Crippen molar-refractivity contribution in [3.05, 3.63) is 76.6 Å². The molecule has 1 heterocycles. The van der Waals surface area contributed by atoms with E-state index >= 15 is 0 Å². The van der Waals surface area contributed by atoms with E-state index in [0.29, 0.717) is 5.92 Å². The minimum atomic E-state index is -0.171. The summed E-state index contributed by atoms with van der Waals surface area (Å²) in [6, 6.07) is 13.2. The second-order valence-corrected chi connectivity index (χ2v) is 6.20. The summed E-state index contributed by atoms with van der Waals surface area (Å²) in [4.78, 5) is 0. The fraction of sp³-hybridized carbons (Fsp3) is 0.222. The van der Waals surface area contributed by atoms with Gasteiger partial charge in [0.1, 0.15) is 5.82 Å². The molecule has 1 aliphatic carbocycles. The van der Waals surface area contributed by atoms with Gasteiger partial charge in [-0.05, 0) is 53.8 Å². The number of anilines is 1. The number of rotatable bonds is 1. The monoisotopic (exact) mass is 299 g/mol. The Balaban J connectivity index is 1.80. The maximum Gasteiger partial charge on any atom is 0.123 e. The van der Waals surface area contributed by atoms with Gasteiger partial charge in [-0.3, -0.25) is 0 Å². The molecular formula is C18H15ClFN. The number of hydrogen-bond acceptors (Lipinski definition) is 1.